The highest BCUT2D eigenvalue weighted by atomic mass is 35.5. The number of aromatic nitrogens is 2. The Kier molecular flexibility index (Phi) is 1.73. The number of rotatable bonds is 1. The zero-order valence-corrected chi connectivity index (χ0v) is 7.50. The molecule has 0 unspecified atom stereocenters. The fourth-order valence-corrected chi connectivity index (χ4v) is 1.16. The zero-order valence-electron chi connectivity index (χ0n) is 6.74. The van der Waals surface area contributed by atoms with Crippen LogP contribution in [0.4, 0.5) is 5.82 Å². The summed E-state index contributed by atoms with van der Waals surface area (Å²) in [6.45, 7) is 0. The van der Waals surface area contributed by atoms with Crippen molar-refractivity contribution in [1.82, 2.24) is 9.97 Å². The average Bonchev–Trinajstić information content (AvgIpc) is 2.42. The molecule has 68 valence electrons. The minimum Gasteiger partial charge on any atom is -0.478 e. The number of ether oxygens (including phenoxy) is 1. The molecule has 0 aromatic carbocycles. The summed E-state index contributed by atoms with van der Waals surface area (Å²) >= 11 is 5.60. The molecule has 13 heavy (non-hydrogen) atoms. The van der Waals surface area contributed by atoms with Gasteiger partial charge in [0, 0.05) is 6.07 Å². The van der Waals surface area contributed by atoms with Crippen molar-refractivity contribution in [2.45, 2.75) is 0 Å². The van der Waals surface area contributed by atoms with E-state index in [9.17, 15) is 0 Å². The van der Waals surface area contributed by atoms with Gasteiger partial charge in [-0.25, -0.2) is 4.98 Å². The lowest BCUT2D eigenvalue weighted by atomic mass is 10.5. The summed E-state index contributed by atoms with van der Waals surface area (Å²) in [5, 5.41) is 0.225. The van der Waals surface area contributed by atoms with Gasteiger partial charge in [0.1, 0.15) is 5.52 Å². The second-order valence-electron chi connectivity index (χ2n) is 2.36. The molecule has 2 rings (SSSR count). The molecule has 0 radical (unpaired) electrons. The summed E-state index contributed by atoms with van der Waals surface area (Å²) in [7, 11) is 1.46. The molecule has 0 aliphatic rings. The first-order valence-electron chi connectivity index (χ1n) is 3.47. The van der Waals surface area contributed by atoms with Gasteiger partial charge >= 0.3 is 0 Å². The molecular weight excluding hydrogens is 194 g/mol. The quantitative estimate of drug-likeness (QED) is 0.753. The number of hydrogen-bond donors (Lipinski definition) is 1. The molecule has 2 aromatic rings. The van der Waals surface area contributed by atoms with E-state index in [-0.39, 0.29) is 16.9 Å². The molecule has 0 aliphatic heterocycles. The molecule has 0 amide bonds. The number of furan rings is 1. The van der Waals surface area contributed by atoms with E-state index in [2.05, 4.69) is 9.97 Å². The zero-order chi connectivity index (χ0) is 9.42. The third kappa shape index (κ3) is 1.27. The minimum atomic E-state index is 0.215. The summed E-state index contributed by atoms with van der Waals surface area (Å²) in [4.78, 5) is 7.93. The number of fused-ring (bicyclic) bond motifs is 1. The number of nitrogens with two attached hydrogens (primary N) is 1. The number of nitrogen functional groups attached to an aromatic ring is 1. The fourth-order valence-electron chi connectivity index (χ4n) is 0.981. The van der Waals surface area contributed by atoms with Gasteiger partial charge in [0.2, 0.25) is 5.71 Å². The van der Waals surface area contributed by atoms with E-state index >= 15 is 0 Å². The molecule has 0 spiro atoms. The Bertz CT molecular complexity index is 454. The van der Waals surface area contributed by atoms with Gasteiger partial charge in [0.15, 0.2) is 11.0 Å². The summed E-state index contributed by atoms with van der Waals surface area (Å²) < 4.78 is 9.88. The van der Waals surface area contributed by atoms with Gasteiger partial charge in [0.05, 0.1) is 7.11 Å². The van der Waals surface area contributed by atoms with Crippen LogP contribution in [0.1, 0.15) is 0 Å². The first kappa shape index (κ1) is 8.12. The van der Waals surface area contributed by atoms with E-state index in [1.807, 2.05) is 0 Å². The SMILES string of the molecule is COc1nc2oc(Cl)cc2nc1N. The summed E-state index contributed by atoms with van der Waals surface area (Å²) in [5.74, 6) is 0.450. The maximum atomic E-state index is 5.60. The van der Waals surface area contributed by atoms with E-state index < -0.39 is 0 Å². The number of hydrogen-bond acceptors (Lipinski definition) is 5. The van der Waals surface area contributed by atoms with Crippen LogP contribution in [0, 0.1) is 0 Å². The molecule has 6 heteroatoms. The first-order valence-corrected chi connectivity index (χ1v) is 3.85. The predicted molar refractivity (Wildman–Crippen MR) is 47.8 cm³/mol. The second kappa shape index (κ2) is 2.77. The van der Waals surface area contributed by atoms with Crippen molar-refractivity contribution < 1.29 is 9.15 Å². The van der Waals surface area contributed by atoms with Gasteiger partial charge in [-0.15, -0.1) is 0 Å². The lowest BCUT2D eigenvalue weighted by Crippen LogP contribution is -1.97. The Morgan fingerprint density at radius 1 is 1.54 bits per heavy atom. The van der Waals surface area contributed by atoms with Crippen molar-refractivity contribution >= 4 is 28.6 Å². The van der Waals surface area contributed by atoms with Gasteiger partial charge in [-0.05, 0) is 11.6 Å². The first-order chi connectivity index (χ1) is 6.20. The highest BCUT2D eigenvalue weighted by Crippen LogP contribution is 2.24. The normalized spacial score (nSPS) is 10.6. The summed E-state index contributed by atoms with van der Waals surface area (Å²) in [6.07, 6.45) is 0. The topological polar surface area (TPSA) is 74.2 Å². The lowest BCUT2D eigenvalue weighted by Gasteiger charge is -1.99. The maximum absolute atomic E-state index is 5.60. The van der Waals surface area contributed by atoms with Crippen molar-refractivity contribution in [3.63, 3.8) is 0 Å². The third-order valence-corrected chi connectivity index (χ3v) is 1.71. The van der Waals surface area contributed by atoms with Crippen molar-refractivity contribution in [1.29, 1.82) is 0 Å². The van der Waals surface area contributed by atoms with Gasteiger partial charge in [-0.1, -0.05) is 0 Å². The monoisotopic (exact) mass is 199 g/mol. The Morgan fingerprint density at radius 2 is 2.31 bits per heavy atom. The predicted octanol–water partition coefficient (Wildman–Crippen LogP) is 1.47. The van der Waals surface area contributed by atoms with Gasteiger partial charge < -0.3 is 14.9 Å². The van der Waals surface area contributed by atoms with E-state index in [0.29, 0.717) is 11.2 Å². The van der Waals surface area contributed by atoms with Crippen molar-refractivity contribution in [2.24, 2.45) is 0 Å². The van der Waals surface area contributed by atoms with Crippen LogP contribution in [0.2, 0.25) is 5.22 Å². The Hall–Kier alpha value is -1.49. The highest BCUT2D eigenvalue weighted by molar-refractivity contribution is 6.29. The van der Waals surface area contributed by atoms with E-state index in [1.54, 1.807) is 6.07 Å². The van der Waals surface area contributed by atoms with Crippen LogP contribution in [-0.2, 0) is 0 Å². The van der Waals surface area contributed by atoms with Crippen molar-refractivity contribution in [2.75, 3.05) is 12.8 Å². The van der Waals surface area contributed by atoms with E-state index in [0.717, 1.165) is 0 Å². The van der Waals surface area contributed by atoms with E-state index in [1.165, 1.54) is 7.11 Å². The molecule has 5 nitrogen and oxygen atoms in total. The molecule has 0 bridgehead atoms. The van der Waals surface area contributed by atoms with Crippen LogP contribution in [0.15, 0.2) is 10.5 Å². The maximum Gasteiger partial charge on any atom is 0.260 e. The largest absolute Gasteiger partial charge is 0.478 e. The summed E-state index contributed by atoms with van der Waals surface area (Å²) in [5.41, 5.74) is 6.36. The Morgan fingerprint density at radius 3 is 3.00 bits per heavy atom. The second-order valence-corrected chi connectivity index (χ2v) is 2.73. The molecule has 0 fully saturated rings. The molecule has 0 aliphatic carbocycles. The van der Waals surface area contributed by atoms with Gasteiger partial charge in [-0.2, -0.15) is 4.98 Å². The third-order valence-electron chi connectivity index (χ3n) is 1.52. The van der Waals surface area contributed by atoms with Crippen LogP contribution < -0.4 is 10.5 Å². The minimum absolute atomic E-state index is 0.215. The standard InChI is InChI=1S/C7H6ClN3O2/c1-12-7-5(9)10-3-2-4(8)13-6(3)11-7/h2H,1H3,(H2,9,10). The Balaban J connectivity index is 2.72. The molecule has 2 heterocycles. The number of anilines is 1. The lowest BCUT2D eigenvalue weighted by molar-refractivity contribution is 0.397. The van der Waals surface area contributed by atoms with Crippen molar-refractivity contribution in [3.05, 3.63) is 11.3 Å². The van der Waals surface area contributed by atoms with Gasteiger partial charge in [0.25, 0.3) is 5.88 Å². The van der Waals surface area contributed by atoms with Crippen LogP contribution in [0.25, 0.3) is 11.2 Å². The molecule has 2 N–H and O–H groups in total. The van der Waals surface area contributed by atoms with E-state index in [4.69, 9.17) is 26.5 Å². The molecule has 0 atom stereocenters. The number of halogens is 1. The van der Waals surface area contributed by atoms with Crippen LogP contribution in [-0.4, -0.2) is 17.1 Å². The fraction of sp³-hybridized carbons (Fsp3) is 0.143. The molecule has 0 saturated heterocycles. The smallest absolute Gasteiger partial charge is 0.260 e. The van der Waals surface area contributed by atoms with Crippen molar-refractivity contribution in [3.8, 4) is 5.88 Å². The van der Waals surface area contributed by atoms with Crippen LogP contribution in [0.5, 0.6) is 5.88 Å². The molecular formula is C7H6ClN3O2. The molecule has 2 aromatic heterocycles. The molecule has 0 saturated carbocycles. The number of methoxy groups -OCH3 is 1. The highest BCUT2D eigenvalue weighted by Gasteiger charge is 2.09. The number of nitrogens with zero attached hydrogens (tertiary/aromatic N) is 2. The van der Waals surface area contributed by atoms with Crippen LogP contribution >= 0.6 is 11.6 Å². The Labute approximate surface area is 78.5 Å². The summed E-state index contributed by atoms with van der Waals surface area (Å²) in [6, 6.07) is 1.54. The average molecular weight is 200 g/mol. The van der Waals surface area contributed by atoms with Crippen LogP contribution in [0.3, 0.4) is 0 Å². The van der Waals surface area contributed by atoms with Gasteiger partial charge in [-0.3, -0.25) is 0 Å².